The molecular formula is C14H21FN2O2S. The third kappa shape index (κ3) is 3.37. The van der Waals surface area contributed by atoms with Gasteiger partial charge in [0, 0.05) is 19.6 Å². The number of nitrogens with zero attached hydrogens (tertiary/aromatic N) is 1. The SMILES string of the molecule is CCCNCc1ccc(S(=O)(=O)N(C)C2CC2)c(F)c1. The van der Waals surface area contributed by atoms with Crippen LogP contribution in [0.5, 0.6) is 0 Å². The predicted molar refractivity (Wildman–Crippen MR) is 76.4 cm³/mol. The molecule has 0 unspecified atom stereocenters. The Kier molecular flexibility index (Phi) is 4.78. The van der Waals surface area contributed by atoms with Crippen LogP contribution in [0.3, 0.4) is 0 Å². The molecule has 112 valence electrons. The van der Waals surface area contributed by atoms with Gasteiger partial charge >= 0.3 is 0 Å². The Bertz CT molecular complexity index is 571. The Morgan fingerprint density at radius 1 is 1.40 bits per heavy atom. The number of benzene rings is 1. The lowest BCUT2D eigenvalue weighted by molar-refractivity contribution is 0.457. The van der Waals surface area contributed by atoms with Crippen molar-refractivity contribution in [1.29, 1.82) is 0 Å². The number of halogens is 1. The van der Waals surface area contributed by atoms with E-state index in [1.807, 2.05) is 0 Å². The highest BCUT2D eigenvalue weighted by Gasteiger charge is 2.36. The highest BCUT2D eigenvalue weighted by molar-refractivity contribution is 7.89. The van der Waals surface area contributed by atoms with Crippen molar-refractivity contribution in [3.05, 3.63) is 29.6 Å². The van der Waals surface area contributed by atoms with Crippen LogP contribution in [0.1, 0.15) is 31.7 Å². The molecule has 0 atom stereocenters. The standard InChI is InChI=1S/C14H21FN2O2S/c1-3-8-16-10-11-4-7-14(13(15)9-11)20(18,19)17(2)12-5-6-12/h4,7,9,12,16H,3,5-6,8,10H2,1-2H3. The molecule has 1 N–H and O–H groups in total. The highest BCUT2D eigenvalue weighted by Crippen LogP contribution is 2.31. The van der Waals surface area contributed by atoms with Crippen molar-refractivity contribution in [3.63, 3.8) is 0 Å². The summed E-state index contributed by atoms with van der Waals surface area (Å²) in [6, 6.07) is 4.37. The molecule has 1 aliphatic carbocycles. The predicted octanol–water partition coefficient (Wildman–Crippen LogP) is 2.11. The molecule has 0 saturated heterocycles. The fourth-order valence-electron chi connectivity index (χ4n) is 2.06. The van der Waals surface area contributed by atoms with E-state index >= 15 is 0 Å². The maximum absolute atomic E-state index is 14.1. The summed E-state index contributed by atoms with van der Waals surface area (Å²) in [7, 11) is -2.19. The van der Waals surface area contributed by atoms with E-state index in [0.29, 0.717) is 6.54 Å². The number of hydrogen-bond donors (Lipinski definition) is 1. The van der Waals surface area contributed by atoms with E-state index in [1.165, 1.54) is 23.5 Å². The van der Waals surface area contributed by atoms with E-state index in [2.05, 4.69) is 12.2 Å². The summed E-state index contributed by atoms with van der Waals surface area (Å²) in [4.78, 5) is -0.230. The van der Waals surface area contributed by atoms with E-state index in [1.54, 1.807) is 6.07 Å². The molecule has 4 nitrogen and oxygen atoms in total. The van der Waals surface area contributed by atoms with Crippen LogP contribution in [0.2, 0.25) is 0 Å². The smallest absolute Gasteiger partial charge is 0.245 e. The molecule has 0 aliphatic heterocycles. The summed E-state index contributed by atoms with van der Waals surface area (Å²) >= 11 is 0. The Morgan fingerprint density at radius 2 is 2.10 bits per heavy atom. The summed E-state index contributed by atoms with van der Waals surface area (Å²) in [6.07, 6.45) is 2.72. The molecule has 1 fully saturated rings. The van der Waals surface area contributed by atoms with E-state index in [0.717, 1.165) is 31.4 Å². The van der Waals surface area contributed by atoms with Crippen LogP contribution in [0.25, 0.3) is 0 Å². The van der Waals surface area contributed by atoms with Gasteiger partial charge in [-0.05, 0) is 43.5 Å². The van der Waals surface area contributed by atoms with Gasteiger partial charge in [0.05, 0.1) is 0 Å². The summed E-state index contributed by atoms with van der Waals surface area (Å²) in [6.45, 7) is 3.45. The Hall–Kier alpha value is -0.980. The Balaban J connectivity index is 2.16. The topological polar surface area (TPSA) is 49.4 Å². The van der Waals surface area contributed by atoms with Gasteiger partial charge in [0.2, 0.25) is 10.0 Å². The monoisotopic (exact) mass is 300 g/mol. The third-order valence-corrected chi connectivity index (χ3v) is 5.41. The van der Waals surface area contributed by atoms with Crippen molar-refractivity contribution in [2.45, 2.75) is 43.7 Å². The van der Waals surface area contributed by atoms with Gasteiger partial charge in [-0.3, -0.25) is 0 Å². The summed E-state index contributed by atoms with van der Waals surface area (Å²) in [5.41, 5.74) is 0.754. The van der Waals surface area contributed by atoms with Crippen LogP contribution in [0, 0.1) is 5.82 Å². The van der Waals surface area contributed by atoms with Crippen molar-refractivity contribution in [1.82, 2.24) is 9.62 Å². The first-order valence-electron chi connectivity index (χ1n) is 6.94. The molecule has 2 rings (SSSR count). The molecule has 0 bridgehead atoms. The number of rotatable bonds is 7. The largest absolute Gasteiger partial charge is 0.313 e. The molecule has 6 heteroatoms. The molecule has 20 heavy (non-hydrogen) atoms. The fraction of sp³-hybridized carbons (Fsp3) is 0.571. The molecule has 1 aliphatic rings. The minimum Gasteiger partial charge on any atom is -0.313 e. The van der Waals surface area contributed by atoms with Crippen LogP contribution in [-0.4, -0.2) is 32.4 Å². The van der Waals surface area contributed by atoms with E-state index in [4.69, 9.17) is 0 Å². The van der Waals surface area contributed by atoms with Crippen molar-refractivity contribution in [2.24, 2.45) is 0 Å². The lowest BCUT2D eigenvalue weighted by Gasteiger charge is -2.17. The van der Waals surface area contributed by atoms with Crippen LogP contribution >= 0.6 is 0 Å². The van der Waals surface area contributed by atoms with Gasteiger partial charge in [0.25, 0.3) is 0 Å². The summed E-state index contributed by atoms with van der Waals surface area (Å²) in [5.74, 6) is -0.673. The van der Waals surface area contributed by atoms with Crippen LogP contribution in [0.4, 0.5) is 4.39 Å². The fourth-order valence-corrected chi connectivity index (χ4v) is 3.52. The average Bonchev–Trinajstić information content (AvgIpc) is 3.22. The first-order valence-corrected chi connectivity index (χ1v) is 8.38. The van der Waals surface area contributed by atoms with E-state index in [-0.39, 0.29) is 10.9 Å². The molecule has 1 aromatic rings. The second-order valence-electron chi connectivity index (χ2n) is 5.19. The lowest BCUT2D eigenvalue weighted by Crippen LogP contribution is -2.29. The van der Waals surface area contributed by atoms with Crippen molar-refractivity contribution in [2.75, 3.05) is 13.6 Å². The van der Waals surface area contributed by atoms with Gasteiger partial charge in [0.15, 0.2) is 0 Å². The van der Waals surface area contributed by atoms with Crippen LogP contribution < -0.4 is 5.32 Å². The highest BCUT2D eigenvalue weighted by atomic mass is 32.2. The number of nitrogens with one attached hydrogen (secondary N) is 1. The van der Waals surface area contributed by atoms with Crippen molar-refractivity contribution in [3.8, 4) is 0 Å². The minimum absolute atomic E-state index is 0.0327. The van der Waals surface area contributed by atoms with Gasteiger partial charge in [-0.1, -0.05) is 13.0 Å². The molecule has 0 aromatic heterocycles. The van der Waals surface area contributed by atoms with Gasteiger partial charge in [-0.2, -0.15) is 4.31 Å². The number of hydrogen-bond acceptors (Lipinski definition) is 3. The van der Waals surface area contributed by atoms with E-state index < -0.39 is 15.8 Å². The molecular weight excluding hydrogens is 279 g/mol. The van der Waals surface area contributed by atoms with Crippen LogP contribution in [0.15, 0.2) is 23.1 Å². The van der Waals surface area contributed by atoms with Crippen LogP contribution in [-0.2, 0) is 16.6 Å². The van der Waals surface area contributed by atoms with E-state index in [9.17, 15) is 12.8 Å². The maximum atomic E-state index is 14.1. The zero-order chi connectivity index (χ0) is 14.8. The molecule has 1 saturated carbocycles. The Morgan fingerprint density at radius 3 is 2.65 bits per heavy atom. The normalized spacial score (nSPS) is 15.8. The maximum Gasteiger partial charge on any atom is 0.245 e. The van der Waals surface area contributed by atoms with Gasteiger partial charge < -0.3 is 5.32 Å². The zero-order valence-corrected chi connectivity index (χ0v) is 12.7. The Labute approximate surface area is 120 Å². The molecule has 0 spiro atoms. The third-order valence-electron chi connectivity index (χ3n) is 3.47. The second kappa shape index (κ2) is 6.20. The van der Waals surface area contributed by atoms with Gasteiger partial charge in [0.1, 0.15) is 10.7 Å². The van der Waals surface area contributed by atoms with Crippen molar-refractivity contribution >= 4 is 10.0 Å². The molecule has 1 aromatic carbocycles. The molecule has 0 amide bonds. The zero-order valence-electron chi connectivity index (χ0n) is 11.9. The lowest BCUT2D eigenvalue weighted by atomic mass is 10.2. The quantitative estimate of drug-likeness (QED) is 0.785. The average molecular weight is 300 g/mol. The number of sulfonamides is 1. The van der Waals surface area contributed by atoms with Gasteiger partial charge in [-0.15, -0.1) is 0 Å². The minimum atomic E-state index is -3.71. The summed E-state index contributed by atoms with van der Waals surface area (Å²) < 4.78 is 39.9. The molecule has 0 heterocycles. The second-order valence-corrected chi connectivity index (χ2v) is 7.16. The van der Waals surface area contributed by atoms with Gasteiger partial charge in [-0.25, -0.2) is 12.8 Å². The first kappa shape index (κ1) is 15.4. The first-order chi connectivity index (χ1) is 9.46. The molecule has 0 radical (unpaired) electrons. The van der Waals surface area contributed by atoms with Crippen molar-refractivity contribution < 1.29 is 12.8 Å². The summed E-state index contributed by atoms with van der Waals surface area (Å²) in [5, 5.41) is 3.16.